The Morgan fingerprint density at radius 1 is 0.930 bits per heavy atom. The van der Waals surface area contributed by atoms with Gasteiger partial charge in [-0.3, -0.25) is 14.4 Å². The average molecular weight is 623 g/mol. The van der Waals surface area contributed by atoms with Crippen LogP contribution in [0, 0.1) is 11.3 Å². The summed E-state index contributed by atoms with van der Waals surface area (Å²) in [6.07, 6.45) is 3.17. The van der Waals surface area contributed by atoms with Gasteiger partial charge < -0.3 is 13.9 Å². The molecular formula is C35H37Cl2NO5. The summed E-state index contributed by atoms with van der Waals surface area (Å²) in [6.45, 7) is 9.85. The maximum absolute atomic E-state index is 14.3. The second-order valence-corrected chi connectivity index (χ2v) is 12.4. The Labute approximate surface area is 262 Å². The summed E-state index contributed by atoms with van der Waals surface area (Å²) in [5.41, 5.74) is 2.26. The van der Waals surface area contributed by atoms with Gasteiger partial charge in [-0.2, -0.15) is 0 Å². The maximum atomic E-state index is 14.3. The number of aromatic nitrogens is 1. The number of halogens is 2. The zero-order valence-electron chi connectivity index (χ0n) is 25.2. The van der Waals surface area contributed by atoms with E-state index in [0.29, 0.717) is 51.7 Å². The molecule has 226 valence electrons. The number of hydrogen-bond acceptors (Lipinski definition) is 5. The lowest BCUT2D eigenvalue weighted by Gasteiger charge is -2.20. The number of nitrogens with zero attached hydrogens (tertiary/aromatic N) is 1. The lowest BCUT2D eigenvalue weighted by atomic mass is 9.82. The zero-order chi connectivity index (χ0) is 31.3. The SMILES string of the molecule is CCCC(Cc1c(C(=O)C(C)(C)C)c2cc(OCc3ccccc3)ccn2c1C(=O)c1ccc(Cl)c(Cl)c1)C(=O)OCC. The van der Waals surface area contributed by atoms with E-state index < -0.39 is 11.3 Å². The Morgan fingerprint density at radius 3 is 2.28 bits per heavy atom. The quantitative estimate of drug-likeness (QED) is 0.117. The van der Waals surface area contributed by atoms with Gasteiger partial charge >= 0.3 is 5.97 Å². The highest BCUT2D eigenvalue weighted by Crippen LogP contribution is 2.36. The second-order valence-electron chi connectivity index (χ2n) is 11.6. The minimum atomic E-state index is -0.772. The van der Waals surface area contributed by atoms with E-state index in [9.17, 15) is 14.4 Å². The van der Waals surface area contributed by atoms with Crippen molar-refractivity contribution in [3.05, 3.63) is 105 Å². The van der Waals surface area contributed by atoms with E-state index in [1.807, 2.05) is 58.0 Å². The number of Topliss-reactive ketones (excluding diaryl/α,β-unsaturated/α-hetero) is 1. The Balaban J connectivity index is 1.96. The number of rotatable bonds is 12. The summed E-state index contributed by atoms with van der Waals surface area (Å²) in [4.78, 5) is 41.5. The van der Waals surface area contributed by atoms with Gasteiger partial charge in [0.25, 0.3) is 0 Å². The van der Waals surface area contributed by atoms with Gasteiger partial charge in [0.1, 0.15) is 12.4 Å². The molecule has 1 unspecified atom stereocenters. The van der Waals surface area contributed by atoms with Crippen LogP contribution in [0.1, 0.15) is 85.0 Å². The predicted octanol–water partition coefficient (Wildman–Crippen LogP) is 8.81. The van der Waals surface area contributed by atoms with Crippen molar-refractivity contribution in [1.29, 1.82) is 0 Å². The van der Waals surface area contributed by atoms with Crippen molar-refractivity contribution >= 4 is 46.3 Å². The van der Waals surface area contributed by atoms with Crippen LogP contribution >= 0.6 is 23.2 Å². The topological polar surface area (TPSA) is 74.1 Å². The summed E-state index contributed by atoms with van der Waals surface area (Å²) < 4.78 is 13.3. The van der Waals surface area contributed by atoms with Gasteiger partial charge in [0.05, 0.1) is 33.8 Å². The third-order valence-electron chi connectivity index (χ3n) is 7.27. The molecule has 0 aliphatic heterocycles. The van der Waals surface area contributed by atoms with Crippen molar-refractivity contribution in [2.45, 2.75) is 60.5 Å². The first-order valence-electron chi connectivity index (χ1n) is 14.5. The van der Waals surface area contributed by atoms with Crippen LogP contribution in [-0.4, -0.2) is 28.5 Å². The Kier molecular flexibility index (Phi) is 10.4. The second kappa shape index (κ2) is 13.8. The van der Waals surface area contributed by atoms with Gasteiger partial charge in [-0.25, -0.2) is 0 Å². The van der Waals surface area contributed by atoms with Gasteiger partial charge in [0, 0.05) is 28.8 Å². The molecule has 2 aromatic carbocycles. The van der Waals surface area contributed by atoms with E-state index in [4.69, 9.17) is 32.7 Å². The van der Waals surface area contributed by atoms with Crippen LogP contribution in [0.5, 0.6) is 5.75 Å². The molecule has 0 spiro atoms. The molecule has 43 heavy (non-hydrogen) atoms. The fourth-order valence-corrected chi connectivity index (χ4v) is 5.42. The molecule has 6 nitrogen and oxygen atoms in total. The molecule has 2 aromatic heterocycles. The third-order valence-corrected chi connectivity index (χ3v) is 8.01. The molecule has 0 amide bonds. The van der Waals surface area contributed by atoms with E-state index >= 15 is 0 Å². The van der Waals surface area contributed by atoms with E-state index in [1.165, 1.54) is 6.07 Å². The Hall–Kier alpha value is -3.61. The highest BCUT2D eigenvalue weighted by molar-refractivity contribution is 6.42. The molecule has 0 fully saturated rings. The van der Waals surface area contributed by atoms with Gasteiger partial charge in [0.2, 0.25) is 5.78 Å². The number of carbonyl (C=O) groups is 3. The minimum absolute atomic E-state index is 0.146. The maximum Gasteiger partial charge on any atom is 0.309 e. The number of hydrogen-bond donors (Lipinski definition) is 0. The van der Waals surface area contributed by atoms with Crippen molar-refractivity contribution in [2.75, 3.05) is 6.61 Å². The standard InChI is InChI=1S/C35H37Cl2NO5/c1-6-11-24(34(41)42-7-2)18-26-30(33(40)35(3,4)5)29-20-25(43-21-22-12-9-8-10-13-22)16-17-38(29)31(26)32(39)23-14-15-27(36)28(37)19-23/h8-10,12-17,19-20,24H,6-7,11,18,21H2,1-5H3. The molecule has 0 bridgehead atoms. The van der Waals surface area contributed by atoms with Gasteiger partial charge in [-0.05, 0) is 55.2 Å². The number of ketones is 2. The number of esters is 1. The summed E-state index contributed by atoms with van der Waals surface area (Å²) >= 11 is 12.5. The van der Waals surface area contributed by atoms with Crippen molar-refractivity contribution in [1.82, 2.24) is 4.40 Å². The molecule has 0 saturated carbocycles. The van der Waals surface area contributed by atoms with E-state index in [1.54, 1.807) is 41.8 Å². The van der Waals surface area contributed by atoms with Crippen LogP contribution in [-0.2, 0) is 22.6 Å². The van der Waals surface area contributed by atoms with Crippen molar-refractivity contribution in [3.63, 3.8) is 0 Å². The zero-order valence-corrected chi connectivity index (χ0v) is 26.7. The predicted molar refractivity (Wildman–Crippen MR) is 171 cm³/mol. The number of ether oxygens (including phenoxy) is 2. The molecular weight excluding hydrogens is 585 g/mol. The third kappa shape index (κ3) is 7.31. The summed E-state index contributed by atoms with van der Waals surface area (Å²) in [6, 6.07) is 18.0. The average Bonchev–Trinajstić information content (AvgIpc) is 3.29. The number of benzene rings is 2. The highest BCUT2D eigenvalue weighted by Gasteiger charge is 2.35. The molecule has 4 rings (SSSR count). The van der Waals surface area contributed by atoms with Crippen LogP contribution in [0.4, 0.5) is 0 Å². The summed E-state index contributed by atoms with van der Waals surface area (Å²) in [5.74, 6) is -0.829. The molecule has 0 aliphatic rings. The molecule has 4 aromatic rings. The molecule has 1 atom stereocenters. The van der Waals surface area contributed by atoms with E-state index in [0.717, 1.165) is 12.0 Å². The number of carbonyl (C=O) groups excluding carboxylic acids is 3. The highest BCUT2D eigenvalue weighted by atomic mass is 35.5. The fourth-order valence-electron chi connectivity index (χ4n) is 5.12. The minimum Gasteiger partial charge on any atom is -0.489 e. The lowest BCUT2D eigenvalue weighted by molar-refractivity contribution is -0.148. The smallest absolute Gasteiger partial charge is 0.309 e. The lowest BCUT2D eigenvalue weighted by Crippen LogP contribution is -2.25. The Morgan fingerprint density at radius 2 is 1.65 bits per heavy atom. The first-order chi connectivity index (χ1) is 20.5. The van der Waals surface area contributed by atoms with Crippen LogP contribution in [0.2, 0.25) is 10.0 Å². The Bertz CT molecular complexity index is 1640. The van der Waals surface area contributed by atoms with Gasteiger partial charge in [-0.15, -0.1) is 0 Å². The van der Waals surface area contributed by atoms with Crippen molar-refractivity contribution in [3.8, 4) is 5.75 Å². The number of pyridine rings is 1. The molecule has 2 heterocycles. The van der Waals surface area contributed by atoms with E-state index in [2.05, 4.69) is 0 Å². The normalized spacial score (nSPS) is 12.3. The molecule has 0 aliphatic carbocycles. The monoisotopic (exact) mass is 621 g/mol. The molecule has 0 radical (unpaired) electrons. The fraction of sp³-hybridized carbons (Fsp3) is 0.343. The van der Waals surface area contributed by atoms with Crippen LogP contribution in [0.3, 0.4) is 0 Å². The van der Waals surface area contributed by atoms with Crippen LogP contribution in [0.15, 0.2) is 66.9 Å². The van der Waals surface area contributed by atoms with Crippen molar-refractivity contribution < 1.29 is 23.9 Å². The number of fused-ring (bicyclic) bond motifs is 1. The summed E-state index contributed by atoms with van der Waals surface area (Å²) in [7, 11) is 0. The molecule has 0 N–H and O–H groups in total. The molecule has 0 saturated heterocycles. The van der Waals surface area contributed by atoms with E-state index in [-0.39, 0.29) is 35.6 Å². The van der Waals surface area contributed by atoms with Crippen LogP contribution < -0.4 is 4.74 Å². The van der Waals surface area contributed by atoms with Crippen molar-refractivity contribution in [2.24, 2.45) is 11.3 Å². The van der Waals surface area contributed by atoms with Gasteiger partial charge in [-0.1, -0.05) is 87.6 Å². The molecule has 8 heteroatoms. The largest absolute Gasteiger partial charge is 0.489 e. The van der Waals surface area contributed by atoms with Crippen LogP contribution in [0.25, 0.3) is 5.52 Å². The first kappa shape index (κ1) is 32.3. The summed E-state index contributed by atoms with van der Waals surface area (Å²) in [5, 5.41) is 0.570. The van der Waals surface area contributed by atoms with Gasteiger partial charge in [0.15, 0.2) is 5.78 Å². The first-order valence-corrected chi connectivity index (χ1v) is 15.3.